The molecule has 0 aliphatic rings. The maximum Gasteiger partial charge on any atom is 0.172 e. The third kappa shape index (κ3) is 2.60. The van der Waals surface area contributed by atoms with Crippen LogP contribution in [0.2, 0.25) is 0 Å². The van der Waals surface area contributed by atoms with Crippen LogP contribution >= 0.6 is 0 Å². The van der Waals surface area contributed by atoms with Gasteiger partial charge in [-0.1, -0.05) is 12.1 Å². The number of hydrogen-bond donors (Lipinski definition) is 2. The largest absolute Gasteiger partial charge is 0.369 e. The van der Waals surface area contributed by atoms with Crippen LogP contribution < -0.4 is 5.32 Å². The van der Waals surface area contributed by atoms with Crippen molar-refractivity contribution >= 4 is 16.8 Å². The molecular formula is C7H8FNO2S. The number of rotatable bonds is 3. The molecule has 0 saturated carbocycles. The van der Waals surface area contributed by atoms with Gasteiger partial charge in [0.1, 0.15) is 11.7 Å². The van der Waals surface area contributed by atoms with E-state index in [2.05, 4.69) is 5.32 Å². The van der Waals surface area contributed by atoms with Crippen LogP contribution in [0.4, 0.5) is 10.1 Å². The number of halogens is 1. The molecule has 0 saturated heterocycles. The molecule has 0 radical (unpaired) electrons. The molecule has 1 atom stereocenters. The second kappa shape index (κ2) is 4.18. The average molecular weight is 189 g/mol. The molecule has 66 valence electrons. The van der Waals surface area contributed by atoms with Gasteiger partial charge in [-0.15, -0.1) is 0 Å². The van der Waals surface area contributed by atoms with Gasteiger partial charge in [0.15, 0.2) is 11.1 Å². The van der Waals surface area contributed by atoms with Gasteiger partial charge in [0, 0.05) is 0 Å². The summed E-state index contributed by atoms with van der Waals surface area (Å²) < 4.78 is 31.4. The molecule has 2 N–H and O–H groups in total. The monoisotopic (exact) mass is 189 g/mol. The third-order valence-corrected chi connectivity index (χ3v) is 1.65. The minimum absolute atomic E-state index is 0.166. The van der Waals surface area contributed by atoms with Crippen molar-refractivity contribution in [1.82, 2.24) is 0 Å². The van der Waals surface area contributed by atoms with Gasteiger partial charge in [-0.25, -0.2) is 8.60 Å². The fourth-order valence-corrected chi connectivity index (χ4v) is 1.02. The van der Waals surface area contributed by atoms with Crippen molar-refractivity contribution in [3.8, 4) is 0 Å². The van der Waals surface area contributed by atoms with Gasteiger partial charge < -0.3 is 9.87 Å². The van der Waals surface area contributed by atoms with Crippen LogP contribution in [0.15, 0.2) is 24.3 Å². The first-order valence-electron chi connectivity index (χ1n) is 3.26. The molecule has 0 aliphatic carbocycles. The smallest absolute Gasteiger partial charge is 0.172 e. The fourth-order valence-electron chi connectivity index (χ4n) is 0.744. The zero-order valence-electron chi connectivity index (χ0n) is 6.16. The highest BCUT2D eigenvalue weighted by Gasteiger charge is 1.99. The summed E-state index contributed by atoms with van der Waals surface area (Å²) in [5.74, 6) is -0.594. The highest BCUT2D eigenvalue weighted by Crippen LogP contribution is 2.11. The number of para-hydroxylation sites is 1. The van der Waals surface area contributed by atoms with Gasteiger partial charge in [0.25, 0.3) is 0 Å². The Balaban J connectivity index is 2.63. The summed E-state index contributed by atoms with van der Waals surface area (Å²) in [6.45, 7) is 0. The Bertz CT molecular complexity index is 292. The average Bonchev–Trinajstić information content (AvgIpc) is 2.03. The van der Waals surface area contributed by atoms with Crippen molar-refractivity contribution in [1.29, 1.82) is 0 Å². The zero-order valence-corrected chi connectivity index (χ0v) is 6.97. The lowest BCUT2D eigenvalue weighted by atomic mass is 10.3. The third-order valence-electron chi connectivity index (χ3n) is 1.26. The molecule has 5 heteroatoms. The molecule has 1 aromatic rings. The fraction of sp³-hybridized carbons (Fsp3) is 0.143. The van der Waals surface area contributed by atoms with E-state index in [9.17, 15) is 8.60 Å². The first-order valence-corrected chi connectivity index (χ1v) is 4.53. The Morgan fingerprint density at radius 2 is 2.17 bits per heavy atom. The Morgan fingerprint density at radius 1 is 1.50 bits per heavy atom. The minimum Gasteiger partial charge on any atom is -0.369 e. The summed E-state index contributed by atoms with van der Waals surface area (Å²) in [4.78, 5) is 0. The van der Waals surface area contributed by atoms with Crippen molar-refractivity contribution in [2.45, 2.75) is 0 Å². The maximum absolute atomic E-state index is 12.8. The molecule has 0 heterocycles. The molecule has 12 heavy (non-hydrogen) atoms. The molecule has 1 rings (SSSR count). The van der Waals surface area contributed by atoms with Crippen molar-refractivity contribution in [3.63, 3.8) is 0 Å². The van der Waals surface area contributed by atoms with Crippen molar-refractivity contribution in [2.24, 2.45) is 0 Å². The van der Waals surface area contributed by atoms with Crippen LogP contribution in [0.25, 0.3) is 0 Å². The molecule has 0 amide bonds. The van der Waals surface area contributed by atoms with E-state index in [-0.39, 0.29) is 11.6 Å². The summed E-state index contributed by atoms with van der Waals surface area (Å²) in [7, 11) is 0. The van der Waals surface area contributed by atoms with Crippen LogP contribution in [0, 0.1) is 5.82 Å². The lowest BCUT2D eigenvalue weighted by molar-refractivity contribution is 0.566. The first kappa shape index (κ1) is 9.15. The van der Waals surface area contributed by atoms with Crippen molar-refractivity contribution < 1.29 is 13.2 Å². The van der Waals surface area contributed by atoms with Crippen molar-refractivity contribution in [2.75, 3.05) is 11.2 Å². The quantitative estimate of drug-likeness (QED) is 0.707. The second-order valence-electron chi connectivity index (χ2n) is 2.12. The van der Waals surface area contributed by atoms with Crippen LogP contribution in [-0.4, -0.2) is 14.6 Å². The van der Waals surface area contributed by atoms with Crippen LogP contribution in [0.5, 0.6) is 0 Å². The molecule has 0 bridgehead atoms. The minimum atomic E-state index is -1.95. The standard InChI is InChI=1S/C7H8FNO2S/c8-6-3-1-2-4-7(6)9-5-12(10)11/h1-4,9H,5H2,(H,10,11). The summed E-state index contributed by atoms with van der Waals surface area (Å²) in [6.07, 6.45) is 0. The highest BCUT2D eigenvalue weighted by molar-refractivity contribution is 7.79. The lowest BCUT2D eigenvalue weighted by Crippen LogP contribution is -2.07. The van der Waals surface area contributed by atoms with Gasteiger partial charge in [0.2, 0.25) is 0 Å². The van der Waals surface area contributed by atoms with E-state index in [4.69, 9.17) is 4.55 Å². The molecule has 3 nitrogen and oxygen atoms in total. The predicted octanol–water partition coefficient (Wildman–Crippen LogP) is 1.42. The van der Waals surface area contributed by atoms with Crippen LogP contribution in [-0.2, 0) is 11.1 Å². The molecule has 0 spiro atoms. The Hall–Kier alpha value is -0.940. The van der Waals surface area contributed by atoms with E-state index >= 15 is 0 Å². The van der Waals surface area contributed by atoms with Gasteiger partial charge in [0.05, 0.1) is 5.69 Å². The molecule has 1 unspecified atom stereocenters. The lowest BCUT2D eigenvalue weighted by Gasteiger charge is -2.03. The van der Waals surface area contributed by atoms with E-state index in [1.165, 1.54) is 12.1 Å². The zero-order chi connectivity index (χ0) is 8.97. The number of benzene rings is 1. The SMILES string of the molecule is O=S(O)CNc1ccccc1F. The topological polar surface area (TPSA) is 49.3 Å². The van der Waals surface area contributed by atoms with Gasteiger partial charge in [-0.05, 0) is 12.1 Å². The van der Waals surface area contributed by atoms with E-state index < -0.39 is 16.9 Å². The summed E-state index contributed by atoms with van der Waals surface area (Å²) in [6, 6.07) is 5.98. The summed E-state index contributed by atoms with van der Waals surface area (Å²) in [5, 5.41) is 2.49. The van der Waals surface area contributed by atoms with Gasteiger partial charge in [-0.3, -0.25) is 0 Å². The number of nitrogens with one attached hydrogen (secondary N) is 1. The van der Waals surface area contributed by atoms with E-state index in [0.29, 0.717) is 0 Å². The van der Waals surface area contributed by atoms with E-state index in [0.717, 1.165) is 0 Å². The maximum atomic E-state index is 12.8. The highest BCUT2D eigenvalue weighted by atomic mass is 32.2. The molecular weight excluding hydrogens is 181 g/mol. The number of hydrogen-bond acceptors (Lipinski definition) is 2. The number of anilines is 1. The summed E-state index contributed by atoms with van der Waals surface area (Å²) in [5.41, 5.74) is 0.236. The normalized spacial score (nSPS) is 12.5. The Kier molecular flexibility index (Phi) is 3.19. The van der Waals surface area contributed by atoms with E-state index in [1.54, 1.807) is 12.1 Å². The molecule has 1 aromatic carbocycles. The molecule has 0 aliphatic heterocycles. The van der Waals surface area contributed by atoms with Crippen molar-refractivity contribution in [3.05, 3.63) is 30.1 Å². The van der Waals surface area contributed by atoms with Gasteiger partial charge in [-0.2, -0.15) is 0 Å². The second-order valence-corrected chi connectivity index (χ2v) is 3.05. The Morgan fingerprint density at radius 3 is 2.75 bits per heavy atom. The predicted molar refractivity (Wildman–Crippen MR) is 45.7 cm³/mol. The van der Waals surface area contributed by atoms with Crippen LogP contribution in [0.1, 0.15) is 0 Å². The molecule has 0 fully saturated rings. The van der Waals surface area contributed by atoms with Gasteiger partial charge >= 0.3 is 0 Å². The first-order chi connectivity index (χ1) is 5.70. The molecule has 0 aromatic heterocycles. The van der Waals surface area contributed by atoms with Crippen LogP contribution in [0.3, 0.4) is 0 Å². The summed E-state index contributed by atoms with van der Waals surface area (Å²) >= 11 is -1.95. The van der Waals surface area contributed by atoms with E-state index in [1.807, 2.05) is 0 Å². The Labute approximate surface area is 71.9 Å².